The molecule has 0 aromatic carbocycles. The highest BCUT2D eigenvalue weighted by atomic mass is 16.7. The second-order valence-electron chi connectivity index (χ2n) is 3.76. The van der Waals surface area contributed by atoms with Crippen LogP contribution < -0.4 is 0 Å². The number of methoxy groups -OCH3 is 2. The Kier molecular flexibility index (Phi) is 5.29. The summed E-state index contributed by atoms with van der Waals surface area (Å²) in [5.41, 5.74) is 0. The van der Waals surface area contributed by atoms with Crippen LogP contribution in [0, 0.1) is 0 Å². The first kappa shape index (κ1) is 14.3. The quantitative estimate of drug-likeness (QED) is 0.583. The van der Waals surface area contributed by atoms with Crippen LogP contribution in [-0.2, 0) is 23.7 Å². The van der Waals surface area contributed by atoms with Crippen molar-refractivity contribution in [3.8, 4) is 0 Å². The molecule has 1 fully saturated rings. The lowest BCUT2D eigenvalue weighted by atomic mass is 10.1. The van der Waals surface area contributed by atoms with Gasteiger partial charge in [-0.1, -0.05) is 0 Å². The minimum Gasteiger partial charge on any atom is -0.463 e. The molecule has 17 heavy (non-hydrogen) atoms. The van der Waals surface area contributed by atoms with Gasteiger partial charge in [-0.3, -0.25) is 4.79 Å². The summed E-state index contributed by atoms with van der Waals surface area (Å²) in [6, 6.07) is 0. The van der Waals surface area contributed by atoms with Crippen LogP contribution >= 0.6 is 0 Å². The van der Waals surface area contributed by atoms with Gasteiger partial charge in [0.25, 0.3) is 0 Å². The smallest absolute Gasteiger partial charge is 0.302 e. The predicted molar refractivity (Wildman–Crippen MR) is 55.1 cm³/mol. The zero-order valence-electron chi connectivity index (χ0n) is 10.0. The average molecular weight is 250 g/mol. The first-order valence-corrected chi connectivity index (χ1v) is 5.21. The summed E-state index contributed by atoms with van der Waals surface area (Å²) < 4.78 is 20.0. The van der Waals surface area contributed by atoms with Crippen molar-refractivity contribution in [2.75, 3.05) is 20.8 Å². The van der Waals surface area contributed by atoms with E-state index in [-0.39, 0.29) is 6.61 Å². The maximum Gasteiger partial charge on any atom is 0.302 e. The van der Waals surface area contributed by atoms with Crippen LogP contribution in [0.1, 0.15) is 6.92 Å². The lowest BCUT2D eigenvalue weighted by Gasteiger charge is -2.23. The van der Waals surface area contributed by atoms with Gasteiger partial charge in [-0.2, -0.15) is 0 Å². The number of rotatable bonds is 5. The van der Waals surface area contributed by atoms with Crippen molar-refractivity contribution in [3.63, 3.8) is 0 Å². The first-order chi connectivity index (χ1) is 8.01. The van der Waals surface area contributed by atoms with Crippen LogP contribution in [0.4, 0.5) is 0 Å². The minimum atomic E-state index is -1.15. The Morgan fingerprint density at radius 3 is 2.41 bits per heavy atom. The van der Waals surface area contributed by atoms with E-state index in [1.54, 1.807) is 0 Å². The molecule has 0 aliphatic carbocycles. The van der Waals surface area contributed by atoms with Gasteiger partial charge in [-0.25, -0.2) is 0 Å². The molecule has 0 bridgehead atoms. The van der Waals surface area contributed by atoms with Crippen molar-refractivity contribution < 1.29 is 34.0 Å². The fourth-order valence-electron chi connectivity index (χ4n) is 1.67. The molecular weight excluding hydrogens is 232 g/mol. The summed E-state index contributed by atoms with van der Waals surface area (Å²) in [5.74, 6) is -0.455. The summed E-state index contributed by atoms with van der Waals surface area (Å²) in [4.78, 5) is 10.7. The minimum absolute atomic E-state index is 0.0588. The molecule has 1 saturated heterocycles. The highest BCUT2D eigenvalue weighted by Gasteiger charge is 2.47. The number of hydrogen-bond acceptors (Lipinski definition) is 7. The van der Waals surface area contributed by atoms with Crippen LogP contribution in [0.25, 0.3) is 0 Å². The molecule has 100 valence electrons. The van der Waals surface area contributed by atoms with Crippen molar-refractivity contribution in [3.05, 3.63) is 0 Å². The highest BCUT2D eigenvalue weighted by Crippen LogP contribution is 2.25. The third-order valence-corrected chi connectivity index (χ3v) is 2.61. The third kappa shape index (κ3) is 3.36. The van der Waals surface area contributed by atoms with Crippen LogP contribution in [0.15, 0.2) is 0 Å². The Morgan fingerprint density at radius 2 is 2.00 bits per heavy atom. The predicted octanol–water partition coefficient (Wildman–Crippen LogP) is -1.34. The van der Waals surface area contributed by atoms with Crippen molar-refractivity contribution >= 4 is 5.97 Å². The van der Waals surface area contributed by atoms with Gasteiger partial charge in [0.05, 0.1) is 0 Å². The van der Waals surface area contributed by atoms with Gasteiger partial charge in [-0.15, -0.1) is 0 Å². The largest absolute Gasteiger partial charge is 0.463 e. The molecule has 7 heteroatoms. The van der Waals surface area contributed by atoms with E-state index in [2.05, 4.69) is 0 Å². The highest BCUT2D eigenvalue weighted by molar-refractivity contribution is 5.65. The van der Waals surface area contributed by atoms with Gasteiger partial charge in [0.1, 0.15) is 31.0 Å². The summed E-state index contributed by atoms with van der Waals surface area (Å²) in [6.45, 7) is 1.21. The normalized spacial score (nSPS) is 34.6. The third-order valence-electron chi connectivity index (χ3n) is 2.61. The average Bonchev–Trinajstić information content (AvgIpc) is 2.57. The maximum absolute atomic E-state index is 10.7. The molecule has 1 rings (SSSR count). The van der Waals surface area contributed by atoms with Gasteiger partial charge in [-0.05, 0) is 0 Å². The molecule has 0 aromatic heterocycles. The van der Waals surface area contributed by atoms with Crippen molar-refractivity contribution in [2.45, 2.75) is 37.6 Å². The molecule has 0 spiro atoms. The number of carbonyl (C=O) groups is 1. The molecule has 7 nitrogen and oxygen atoms in total. The van der Waals surface area contributed by atoms with Crippen LogP contribution in [0.3, 0.4) is 0 Å². The van der Waals surface area contributed by atoms with E-state index in [0.717, 1.165) is 0 Å². The molecule has 1 heterocycles. The SMILES string of the molecule is CO[C@H]1O[C@@H]([C@@H](COC(C)=O)OC)[C@H](O)[C@H]1O. The number of carbonyl (C=O) groups excluding carboxylic acids is 1. The van der Waals surface area contributed by atoms with Gasteiger partial charge in [0.2, 0.25) is 0 Å². The Labute approximate surface area is 99.2 Å². The van der Waals surface area contributed by atoms with E-state index >= 15 is 0 Å². The second-order valence-corrected chi connectivity index (χ2v) is 3.76. The zero-order valence-corrected chi connectivity index (χ0v) is 10.0. The van der Waals surface area contributed by atoms with Crippen LogP contribution in [0.5, 0.6) is 0 Å². The summed E-state index contributed by atoms with van der Waals surface area (Å²) >= 11 is 0. The number of hydrogen-bond donors (Lipinski definition) is 2. The Bertz CT molecular complexity index is 257. The Morgan fingerprint density at radius 1 is 1.35 bits per heavy atom. The number of aliphatic hydroxyl groups excluding tert-OH is 2. The molecule has 1 aliphatic rings. The molecule has 0 radical (unpaired) electrons. The number of esters is 1. The molecule has 1 aliphatic heterocycles. The van der Waals surface area contributed by atoms with Gasteiger partial charge in [0, 0.05) is 21.1 Å². The van der Waals surface area contributed by atoms with Gasteiger partial charge in [0.15, 0.2) is 6.29 Å². The fourth-order valence-corrected chi connectivity index (χ4v) is 1.67. The van der Waals surface area contributed by atoms with E-state index in [1.165, 1.54) is 21.1 Å². The van der Waals surface area contributed by atoms with Crippen molar-refractivity contribution in [1.82, 2.24) is 0 Å². The molecule has 0 amide bonds. The summed E-state index contributed by atoms with van der Waals surface area (Å²) in [5, 5.41) is 19.3. The topological polar surface area (TPSA) is 94.5 Å². The van der Waals surface area contributed by atoms with E-state index < -0.39 is 36.7 Å². The molecule has 2 N–H and O–H groups in total. The van der Waals surface area contributed by atoms with Gasteiger partial charge >= 0.3 is 5.97 Å². The Hall–Kier alpha value is -0.730. The molecule has 0 aromatic rings. The molecule has 5 atom stereocenters. The standard InChI is InChI=1S/C10H18O7/c1-5(11)16-4-6(14-2)9-7(12)8(13)10(15-3)17-9/h6-10,12-13H,4H2,1-3H3/t6-,7-,8-,9+,10+/m1/s1. The fraction of sp³-hybridized carbons (Fsp3) is 0.900. The van der Waals surface area contributed by atoms with E-state index in [4.69, 9.17) is 18.9 Å². The van der Waals surface area contributed by atoms with E-state index in [1.807, 2.05) is 0 Å². The van der Waals surface area contributed by atoms with E-state index in [0.29, 0.717) is 0 Å². The summed E-state index contributed by atoms with van der Waals surface area (Å²) in [7, 11) is 2.76. The Balaban J connectivity index is 2.60. The molecule has 0 saturated carbocycles. The first-order valence-electron chi connectivity index (χ1n) is 5.21. The van der Waals surface area contributed by atoms with Crippen LogP contribution in [0.2, 0.25) is 0 Å². The van der Waals surface area contributed by atoms with Crippen LogP contribution in [-0.4, -0.2) is 67.7 Å². The van der Waals surface area contributed by atoms with E-state index in [9.17, 15) is 15.0 Å². The van der Waals surface area contributed by atoms with Crippen molar-refractivity contribution in [1.29, 1.82) is 0 Å². The van der Waals surface area contributed by atoms with Crippen molar-refractivity contribution in [2.24, 2.45) is 0 Å². The monoisotopic (exact) mass is 250 g/mol. The second kappa shape index (κ2) is 6.27. The molecular formula is C10H18O7. The lowest BCUT2D eigenvalue weighted by molar-refractivity contribution is -0.176. The number of aliphatic hydroxyl groups is 2. The maximum atomic E-state index is 10.7. The molecule has 0 unspecified atom stereocenters. The number of ether oxygens (including phenoxy) is 4. The lowest BCUT2D eigenvalue weighted by Crippen LogP contribution is -2.42. The zero-order chi connectivity index (χ0) is 13.0. The summed E-state index contributed by atoms with van der Waals surface area (Å²) in [6.07, 6.45) is -4.69. The van der Waals surface area contributed by atoms with Gasteiger partial charge < -0.3 is 29.2 Å².